The smallest absolute Gasteiger partial charge is 0.387 e. The Morgan fingerprint density at radius 1 is 1.24 bits per heavy atom. The van der Waals surface area contributed by atoms with Crippen LogP contribution in [0.3, 0.4) is 0 Å². The van der Waals surface area contributed by atoms with Gasteiger partial charge in [-0.15, -0.1) is 0 Å². The maximum absolute atomic E-state index is 14.2. The second kappa shape index (κ2) is 8.67. The fourth-order valence-electron chi connectivity index (χ4n) is 2.94. The summed E-state index contributed by atoms with van der Waals surface area (Å²) in [4.78, 5) is 33.0. The molecule has 9 heteroatoms. The Balaban J connectivity index is 2.37. The number of aromatic amines is 1. The van der Waals surface area contributed by atoms with Crippen LogP contribution in [0.15, 0.2) is 29.1 Å². The van der Waals surface area contributed by atoms with Crippen molar-refractivity contribution in [3.8, 4) is 5.75 Å². The molecule has 0 aliphatic heterocycles. The van der Waals surface area contributed by atoms with Crippen molar-refractivity contribution in [2.75, 3.05) is 19.0 Å². The second-order valence-electron chi connectivity index (χ2n) is 7.96. The number of hydrogen-bond donors (Lipinski definition) is 1. The minimum atomic E-state index is -3.14. The topological polar surface area (TPSA) is 75.3 Å². The maximum atomic E-state index is 14.2. The Bertz CT molecular complexity index is 937. The molecule has 29 heavy (non-hydrogen) atoms. The van der Waals surface area contributed by atoms with Crippen LogP contribution in [0.5, 0.6) is 5.75 Å². The lowest BCUT2D eigenvalue weighted by Gasteiger charge is -2.31. The highest BCUT2D eigenvalue weighted by molar-refractivity contribution is 5.95. The van der Waals surface area contributed by atoms with Gasteiger partial charge in [-0.05, 0) is 29.0 Å². The van der Waals surface area contributed by atoms with Crippen LogP contribution in [-0.4, -0.2) is 36.5 Å². The van der Waals surface area contributed by atoms with Gasteiger partial charge in [-0.2, -0.15) is 8.78 Å². The average molecular weight is 411 g/mol. The van der Waals surface area contributed by atoms with E-state index in [-0.39, 0.29) is 23.8 Å². The summed E-state index contributed by atoms with van der Waals surface area (Å²) in [6, 6.07) is 4.79. The van der Waals surface area contributed by atoms with Crippen LogP contribution in [0.4, 0.5) is 19.1 Å². The summed E-state index contributed by atoms with van der Waals surface area (Å²) in [5.74, 6) is -2.09. The Morgan fingerprint density at radius 3 is 2.41 bits per heavy atom. The Kier molecular flexibility index (Phi) is 6.71. The molecule has 0 spiro atoms. The predicted octanol–water partition coefficient (Wildman–Crippen LogP) is 3.98. The van der Waals surface area contributed by atoms with Crippen molar-refractivity contribution < 1.29 is 22.7 Å². The van der Waals surface area contributed by atoms with Crippen molar-refractivity contribution in [3.05, 3.63) is 51.7 Å². The third-order valence-corrected chi connectivity index (χ3v) is 4.45. The van der Waals surface area contributed by atoms with Gasteiger partial charge in [0.25, 0.3) is 5.56 Å². The number of benzene rings is 1. The van der Waals surface area contributed by atoms with Gasteiger partial charge in [-0.1, -0.05) is 26.8 Å². The van der Waals surface area contributed by atoms with E-state index >= 15 is 0 Å². The summed E-state index contributed by atoms with van der Waals surface area (Å²) < 4.78 is 43.1. The number of anilines is 1. The highest BCUT2D eigenvalue weighted by Crippen LogP contribution is 2.39. The van der Waals surface area contributed by atoms with E-state index in [1.807, 2.05) is 20.8 Å². The minimum absolute atomic E-state index is 0.00447. The quantitative estimate of drug-likeness (QED) is 0.698. The van der Waals surface area contributed by atoms with Crippen molar-refractivity contribution in [3.63, 3.8) is 0 Å². The molecular formula is C20H24F3N3O3. The van der Waals surface area contributed by atoms with Crippen molar-refractivity contribution in [2.24, 2.45) is 5.41 Å². The molecule has 1 aromatic heterocycles. The molecule has 0 saturated heterocycles. The number of aromatic nitrogens is 2. The number of nitrogens with one attached hydrogen (secondary N) is 1. The number of alkyl halides is 2. The fourth-order valence-corrected chi connectivity index (χ4v) is 2.94. The Morgan fingerprint density at radius 2 is 1.90 bits per heavy atom. The van der Waals surface area contributed by atoms with Crippen LogP contribution < -0.4 is 15.2 Å². The summed E-state index contributed by atoms with van der Waals surface area (Å²) in [5.41, 5.74) is -0.454. The molecule has 0 aliphatic carbocycles. The number of H-pyrrole nitrogens is 1. The van der Waals surface area contributed by atoms with Crippen LogP contribution in [0, 0.1) is 11.2 Å². The van der Waals surface area contributed by atoms with Gasteiger partial charge in [0, 0.05) is 26.6 Å². The highest BCUT2D eigenvalue weighted by atomic mass is 19.3. The van der Waals surface area contributed by atoms with Crippen molar-refractivity contribution in [1.29, 1.82) is 0 Å². The SMILES string of the molecule is CN(C)c1nc(C(=O)C[C@@H](c2ccc(OC(F)F)c(F)c2)C(C)(C)C)cc(=O)[nH]1. The maximum Gasteiger partial charge on any atom is 0.387 e. The van der Waals surface area contributed by atoms with E-state index in [1.54, 1.807) is 19.0 Å². The van der Waals surface area contributed by atoms with Gasteiger partial charge < -0.3 is 9.64 Å². The van der Waals surface area contributed by atoms with E-state index in [4.69, 9.17) is 0 Å². The van der Waals surface area contributed by atoms with Gasteiger partial charge in [-0.25, -0.2) is 9.37 Å². The third-order valence-electron chi connectivity index (χ3n) is 4.45. The first-order valence-corrected chi connectivity index (χ1v) is 8.94. The third kappa shape index (κ3) is 5.82. The Labute approximate surface area is 166 Å². The second-order valence-corrected chi connectivity index (χ2v) is 7.96. The highest BCUT2D eigenvalue weighted by Gasteiger charge is 2.30. The first-order valence-electron chi connectivity index (χ1n) is 8.94. The zero-order valence-electron chi connectivity index (χ0n) is 16.9. The van der Waals surface area contributed by atoms with Gasteiger partial charge in [0.1, 0.15) is 5.69 Å². The summed E-state index contributed by atoms with van der Waals surface area (Å²) >= 11 is 0. The number of halogens is 3. The van der Waals surface area contributed by atoms with E-state index in [1.165, 1.54) is 6.07 Å². The van der Waals surface area contributed by atoms with Crippen molar-refractivity contribution in [1.82, 2.24) is 9.97 Å². The molecule has 0 aliphatic rings. The molecule has 0 amide bonds. The van der Waals surface area contributed by atoms with Crippen LogP contribution in [0.25, 0.3) is 0 Å². The lowest BCUT2D eigenvalue weighted by atomic mass is 9.73. The lowest BCUT2D eigenvalue weighted by Crippen LogP contribution is -2.25. The number of ketones is 1. The first kappa shape index (κ1) is 22.4. The van der Waals surface area contributed by atoms with Gasteiger partial charge in [-0.3, -0.25) is 14.6 Å². The molecule has 158 valence electrons. The summed E-state index contributed by atoms with van der Waals surface area (Å²) in [7, 11) is 3.35. The predicted molar refractivity (Wildman–Crippen MR) is 103 cm³/mol. The molecule has 0 radical (unpaired) electrons. The molecule has 0 unspecified atom stereocenters. The van der Waals surface area contributed by atoms with E-state index in [0.717, 1.165) is 18.2 Å². The number of hydrogen-bond acceptors (Lipinski definition) is 5. The summed E-state index contributed by atoms with van der Waals surface area (Å²) in [6.45, 7) is 2.50. The van der Waals surface area contributed by atoms with Crippen LogP contribution >= 0.6 is 0 Å². The monoisotopic (exact) mass is 411 g/mol. The largest absolute Gasteiger partial charge is 0.432 e. The number of nitrogens with zero attached hydrogens (tertiary/aromatic N) is 2. The molecule has 2 aromatic rings. The van der Waals surface area contributed by atoms with Crippen LogP contribution in [0.1, 0.15) is 49.2 Å². The fraction of sp³-hybridized carbons (Fsp3) is 0.450. The molecule has 1 aromatic carbocycles. The van der Waals surface area contributed by atoms with E-state index in [2.05, 4.69) is 14.7 Å². The molecule has 0 fully saturated rings. The van der Waals surface area contributed by atoms with Crippen molar-refractivity contribution in [2.45, 2.75) is 39.7 Å². The van der Waals surface area contributed by atoms with Crippen LogP contribution in [-0.2, 0) is 0 Å². The van der Waals surface area contributed by atoms with Crippen molar-refractivity contribution >= 4 is 11.7 Å². The molecule has 6 nitrogen and oxygen atoms in total. The number of carbonyl (C=O) groups excluding carboxylic acids is 1. The zero-order valence-corrected chi connectivity index (χ0v) is 16.9. The zero-order chi connectivity index (χ0) is 21.9. The first-order chi connectivity index (χ1) is 13.4. The number of Topliss-reactive ketones (excluding diaryl/α,β-unsaturated/α-hetero) is 1. The van der Waals surface area contributed by atoms with Gasteiger partial charge in [0.15, 0.2) is 17.3 Å². The van der Waals surface area contributed by atoms with Gasteiger partial charge in [0.2, 0.25) is 5.95 Å². The Hall–Kier alpha value is -2.84. The molecular weight excluding hydrogens is 387 g/mol. The number of rotatable bonds is 7. The standard InChI is InChI=1S/C20H24F3N3O3/c1-20(2,3)12(11-6-7-16(13(21)8-11)29-18(22)23)9-15(27)14-10-17(28)25-19(24-14)26(4)5/h6-8,10,12,18H,9H2,1-5H3,(H,24,25,28)/t12-/m0/s1. The average Bonchev–Trinajstić information content (AvgIpc) is 2.59. The molecule has 1 N–H and O–H groups in total. The summed E-state index contributed by atoms with van der Waals surface area (Å²) in [6.07, 6.45) is -0.0404. The molecule has 0 bridgehead atoms. The van der Waals surface area contributed by atoms with Crippen LogP contribution in [0.2, 0.25) is 0 Å². The van der Waals surface area contributed by atoms with Gasteiger partial charge in [0.05, 0.1) is 0 Å². The normalized spacial score (nSPS) is 12.7. The van der Waals surface area contributed by atoms with E-state index in [0.29, 0.717) is 5.56 Å². The lowest BCUT2D eigenvalue weighted by molar-refractivity contribution is -0.0522. The van der Waals surface area contributed by atoms with Gasteiger partial charge >= 0.3 is 6.61 Å². The van der Waals surface area contributed by atoms with E-state index < -0.39 is 35.1 Å². The summed E-state index contributed by atoms with van der Waals surface area (Å²) in [5, 5.41) is 0. The minimum Gasteiger partial charge on any atom is -0.432 e. The molecule has 1 heterocycles. The molecule has 1 atom stereocenters. The molecule has 2 rings (SSSR count). The number of carbonyl (C=O) groups is 1. The van der Waals surface area contributed by atoms with E-state index in [9.17, 15) is 22.8 Å². The number of ether oxygens (including phenoxy) is 1. The molecule has 0 saturated carbocycles.